The highest BCUT2D eigenvalue weighted by molar-refractivity contribution is 14.0. The second-order valence-electron chi connectivity index (χ2n) is 6.99. The summed E-state index contributed by atoms with van der Waals surface area (Å²) < 4.78 is 0. The fourth-order valence-electron chi connectivity index (χ4n) is 2.65. The van der Waals surface area contributed by atoms with Crippen molar-refractivity contribution in [2.45, 2.75) is 45.4 Å². The topological polar surface area (TPSA) is 65.5 Å². The lowest BCUT2D eigenvalue weighted by atomic mass is 10.0. The Hall–Kier alpha value is -1.31. The molecule has 2 rings (SSSR count). The molecule has 1 aromatic carbocycles. The van der Waals surface area contributed by atoms with E-state index < -0.39 is 0 Å². The number of hydrogen-bond donors (Lipinski definition) is 3. The lowest BCUT2D eigenvalue weighted by Crippen LogP contribution is -2.42. The van der Waals surface area contributed by atoms with E-state index in [0.717, 1.165) is 38.2 Å². The summed E-state index contributed by atoms with van der Waals surface area (Å²) >= 11 is 0. The predicted molar refractivity (Wildman–Crippen MR) is 119 cm³/mol. The molecule has 26 heavy (non-hydrogen) atoms. The number of benzene rings is 1. The minimum atomic E-state index is 0. The van der Waals surface area contributed by atoms with Crippen LogP contribution in [0.4, 0.5) is 0 Å². The van der Waals surface area contributed by atoms with Crippen LogP contribution in [-0.2, 0) is 11.2 Å². The summed E-state index contributed by atoms with van der Waals surface area (Å²) in [6, 6.07) is 8.91. The molecule has 0 atom stereocenters. The summed E-state index contributed by atoms with van der Waals surface area (Å²) in [7, 11) is 1.77. The van der Waals surface area contributed by atoms with E-state index in [0.29, 0.717) is 19.0 Å². The molecule has 0 aromatic heterocycles. The molecule has 0 spiro atoms. The third-order valence-electron chi connectivity index (χ3n) is 4.47. The van der Waals surface area contributed by atoms with Crippen LogP contribution in [0.1, 0.15) is 50.2 Å². The Kier molecular flexibility index (Phi) is 10.6. The lowest BCUT2D eigenvalue weighted by Gasteiger charge is -2.12. The van der Waals surface area contributed by atoms with Crippen molar-refractivity contribution < 1.29 is 4.79 Å². The smallest absolute Gasteiger partial charge is 0.223 e. The molecule has 0 aliphatic heterocycles. The molecule has 0 heterocycles. The van der Waals surface area contributed by atoms with E-state index in [-0.39, 0.29) is 35.8 Å². The third-order valence-corrected chi connectivity index (χ3v) is 4.47. The van der Waals surface area contributed by atoms with Gasteiger partial charge in [-0.3, -0.25) is 9.79 Å². The van der Waals surface area contributed by atoms with Crippen molar-refractivity contribution in [1.82, 2.24) is 16.0 Å². The molecule has 1 saturated carbocycles. The van der Waals surface area contributed by atoms with Gasteiger partial charge in [0.15, 0.2) is 5.96 Å². The van der Waals surface area contributed by atoms with Crippen LogP contribution < -0.4 is 16.0 Å². The molecule has 0 radical (unpaired) electrons. The summed E-state index contributed by atoms with van der Waals surface area (Å²) in [4.78, 5) is 15.7. The Morgan fingerprint density at radius 3 is 2.27 bits per heavy atom. The molecule has 1 aliphatic carbocycles. The lowest BCUT2D eigenvalue weighted by molar-refractivity contribution is -0.122. The van der Waals surface area contributed by atoms with Gasteiger partial charge in [-0.25, -0.2) is 0 Å². The van der Waals surface area contributed by atoms with Crippen molar-refractivity contribution in [1.29, 1.82) is 0 Å². The molecule has 1 aromatic rings. The van der Waals surface area contributed by atoms with Crippen LogP contribution in [0.3, 0.4) is 0 Å². The Bertz CT molecular complexity index is 568. The van der Waals surface area contributed by atoms with Gasteiger partial charge in [-0.15, -0.1) is 24.0 Å². The molecule has 146 valence electrons. The van der Waals surface area contributed by atoms with Gasteiger partial charge in [0, 0.05) is 32.6 Å². The summed E-state index contributed by atoms with van der Waals surface area (Å²) in [6.07, 6.45) is 4.20. The van der Waals surface area contributed by atoms with Crippen molar-refractivity contribution in [2.75, 3.05) is 26.7 Å². The van der Waals surface area contributed by atoms with Gasteiger partial charge in [0.1, 0.15) is 0 Å². The van der Waals surface area contributed by atoms with E-state index in [9.17, 15) is 4.79 Å². The van der Waals surface area contributed by atoms with Crippen LogP contribution in [0.2, 0.25) is 0 Å². The number of hydrogen-bond acceptors (Lipinski definition) is 2. The maximum absolute atomic E-state index is 11.5. The van der Waals surface area contributed by atoms with Crippen LogP contribution in [-0.4, -0.2) is 38.5 Å². The Morgan fingerprint density at radius 1 is 1.08 bits per heavy atom. The van der Waals surface area contributed by atoms with Gasteiger partial charge in [0.2, 0.25) is 5.91 Å². The summed E-state index contributed by atoms with van der Waals surface area (Å²) in [5, 5.41) is 9.49. The van der Waals surface area contributed by atoms with E-state index >= 15 is 0 Å². The van der Waals surface area contributed by atoms with Crippen LogP contribution in [0.25, 0.3) is 0 Å². The average Bonchev–Trinajstić information content (AvgIpc) is 3.45. The predicted octanol–water partition coefficient (Wildman–Crippen LogP) is 3.05. The summed E-state index contributed by atoms with van der Waals surface area (Å²) in [5.41, 5.74) is 2.76. The zero-order valence-electron chi connectivity index (χ0n) is 16.2. The molecule has 1 aliphatic rings. The highest BCUT2D eigenvalue weighted by atomic mass is 127. The fraction of sp³-hybridized carbons (Fsp3) is 0.600. The van der Waals surface area contributed by atoms with Crippen molar-refractivity contribution in [2.24, 2.45) is 10.9 Å². The molecule has 0 bridgehead atoms. The van der Waals surface area contributed by atoms with Crippen molar-refractivity contribution >= 4 is 35.8 Å². The molecule has 0 saturated heterocycles. The maximum atomic E-state index is 11.5. The Morgan fingerprint density at radius 2 is 1.69 bits per heavy atom. The molecule has 5 nitrogen and oxygen atoms in total. The highest BCUT2D eigenvalue weighted by Gasteiger charge is 2.28. The number of amides is 1. The monoisotopic (exact) mass is 472 g/mol. The van der Waals surface area contributed by atoms with E-state index in [4.69, 9.17) is 0 Å². The van der Waals surface area contributed by atoms with Gasteiger partial charge in [0.05, 0.1) is 0 Å². The Labute approximate surface area is 174 Å². The van der Waals surface area contributed by atoms with E-state index in [1.807, 2.05) is 0 Å². The summed E-state index contributed by atoms with van der Waals surface area (Å²) in [6.45, 7) is 6.64. The first-order valence-corrected chi connectivity index (χ1v) is 9.41. The van der Waals surface area contributed by atoms with E-state index in [2.05, 4.69) is 59.1 Å². The van der Waals surface area contributed by atoms with E-state index in [1.165, 1.54) is 11.1 Å². The largest absolute Gasteiger partial charge is 0.356 e. The van der Waals surface area contributed by atoms with Crippen molar-refractivity contribution in [3.63, 3.8) is 0 Å². The zero-order valence-corrected chi connectivity index (χ0v) is 18.5. The standard InChI is InChI=1S/C20H32N4O.HI/c1-15(2)17-8-6-16(7-9-17)5-4-12-23-20(21-3)24-14-13-22-19(25)18-10-11-18;/h6-9,15,18H,4-5,10-14H2,1-3H3,(H,22,25)(H2,21,23,24);1H. The van der Waals surface area contributed by atoms with E-state index in [1.54, 1.807) is 7.05 Å². The zero-order chi connectivity index (χ0) is 18.1. The van der Waals surface area contributed by atoms with Gasteiger partial charge >= 0.3 is 0 Å². The SMILES string of the molecule is CN=C(NCCCc1ccc(C(C)C)cc1)NCCNC(=O)C1CC1.I. The van der Waals surface area contributed by atoms with Gasteiger partial charge in [-0.1, -0.05) is 38.1 Å². The number of aliphatic imine (C=N–C) groups is 1. The number of nitrogens with one attached hydrogen (secondary N) is 3. The van der Waals surface area contributed by atoms with Gasteiger partial charge in [0.25, 0.3) is 0 Å². The minimum Gasteiger partial charge on any atom is -0.356 e. The molecular formula is C20H33IN4O. The van der Waals surface area contributed by atoms with Crippen LogP contribution >= 0.6 is 24.0 Å². The number of halogens is 1. The number of rotatable bonds is 9. The first kappa shape index (κ1) is 22.7. The van der Waals surface area contributed by atoms with Gasteiger partial charge < -0.3 is 16.0 Å². The number of nitrogens with zero attached hydrogens (tertiary/aromatic N) is 1. The second-order valence-corrected chi connectivity index (χ2v) is 6.99. The molecule has 6 heteroatoms. The molecule has 3 N–H and O–H groups in total. The highest BCUT2D eigenvalue weighted by Crippen LogP contribution is 2.28. The van der Waals surface area contributed by atoms with Gasteiger partial charge in [-0.05, 0) is 42.7 Å². The quantitative estimate of drug-likeness (QED) is 0.224. The Balaban J connectivity index is 0.00000338. The number of guanidine groups is 1. The maximum Gasteiger partial charge on any atom is 0.223 e. The van der Waals surface area contributed by atoms with Gasteiger partial charge in [-0.2, -0.15) is 0 Å². The normalized spacial score (nSPS) is 13.9. The third kappa shape index (κ3) is 8.38. The first-order chi connectivity index (χ1) is 12.1. The van der Waals surface area contributed by atoms with Crippen LogP contribution in [0, 0.1) is 5.92 Å². The van der Waals surface area contributed by atoms with Crippen molar-refractivity contribution in [3.8, 4) is 0 Å². The molecule has 1 fully saturated rings. The first-order valence-electron chi connectivity index (χ1n) is 9.41. The minimum absolute atomic E-state index is 0. The number of carbonyl (C=O) groups is 1. The summed E-state index contributed by atoms with van der Waals surface area (Å²) in [5.74, 6) is 1.83. The molecular weight excluding hydrogens is 439 g/mol. The van der Waals surface area contributed by atoms with Crippen LogP contribution in [0.15, 0.2) is 29.3 Å². The average molecular weight is 472 g/mol. The van der Waals surface area contributed by atoms with Crippen LogP contribution in [0.5, 0.6) is 0 Å². The number of aryl methyl sites for hydroxylation is 1. The van der Waals surface area contributed by atoms with Crippen molar-refractivity contribution in [3.05, 3.63) is 35.4 Å². The fourth-order valence-corrected chi connectivity index (χ4v) is 2.65. The molecule has 0 unspecified atom stereocenters. The second kappa shape index (κ2) is 12.1. The number of carbonyl (C=O) groups excluding carboxylic acids is 1. The molecule has 1 amide bonds.